The van der Waals surface area contributed by atoms with E-state index in [2.05, 4.69) is 5.32 Å². The summed E-state index contributed by atoms with van der Waals surface area (Å²) in [5.74, 6) is -0.267. The summed E-state index contributed by atoms with van der Waals surface area (Å²) < 4.78 is 18.7. The number of carbonyl (C=O) groups is 1. The molecule has 0 bridgehead atoms. The van der Waals surface area contributed by atoms with Gasteiger partial charge < -0.3 is 10.1 Å². The molecule has 1 aromatic heterocycles. The Bertz CT molecular complexity index is 652. The highest BCUT2D eigenvalue weighted by Gasteiger charge is 2.52. The van der Waals surface area contributed by atoms with Gasteiger partial charge in [0.25, 0.3) is 0 Å². The van der Waals surface area contributed by atoms with Crippen LogP contribution in [0, 0.1) is 5.82 Å². The van der Waals surface area contributed by atoms with Crippen molar-refractivity contribution in [1.29, 1.82) is 0 Å². The zero-order chi connectivity index (χ0) is 15.6. The molecular formula is C17H18FNO2S. The van der Waals surface area contributed by atoms with Crippen LogP contribution >= 0.6 is 11.3 Å². The van der Waals surface area contributed by atoms with Crippen LogP contribution in [0.4, 0.5) is 4.39 Å². The number of rotatable bonds is 6. The molecule has 3 nitrogen and oxygen atoms in total. The predicted octanol–water partition coefficient (Wildman–Crippen LogP) is 3.42. The Kier molecular flexibility index (Phi) is 4.27. The van der Waals surface area contributed by atoms with Crippen LogP contribution in [0.15, 0.2) is 41.8 Å². The summed E-state index contributed by atoms with van der Waals surface area (Å²) in [5, 5.41) is 4.96. The lowest BCUT2D eigenvalue weighted by Crippen LogP contribution is -2.37. The third kappa shape index (κ3) is 2.91. The van der Waals surface area contributed by atoms with Gasteiger partial charge in [0.2, 0.25) is 5.91 Å². The highest BCUT2D eigenvalue weighted by Crippen LogP contribution is 2.50. The van der Waals surface area contributed by atoms with Crippen LogP contribution in [-0.2, 0) is 14.9 Å². The van der Waals surface area contributed by atoms with Gasteiger partial charge in [0.15, 0.2) is 0 Å². The number of halogens is 1. The van der Waals surface area contributed by atoms with E-state index in [-0.39, 0.29) is 23.2 Å². The number of carbonyl (C=O) groups excluding carboxylic acids is 1. The first-order chi connectivity index (χ1) is 10.7. The van der Waals surface area contributed by atoms with E-state index in [4.69, 9.17) is 4.74 Å². The zero-order valence-corrected chi connectivity index (χ0v) is 13.2. The van der Waals surface area contributed by atoms with Gasteiger partial charge in [-0.3, -0.25) is 4.79 Å². The summed E-state index contributed by atoms with van der Waals surface area (Å²) in [6, 6.07) is 10.3. The van der Waals surface area contributed by atoms with Crippen molar-refractivity contribution in [2.45, 2.75) is 24.4 Å². The highest BCUT2D eigenvalue weighted by atomic mass is 32.1. The summed E-state index contributed by atoms with van der Waals surface area (Å²) in [7, 11) is 1.56. The minimum atomic E-state index is -0.353. The Balaban J connectivity index is 1.65. The van der Waals surface area contributed by atoms with Gasteiger partial charge >= 0.3 is 0 Å². The summed E-state index contributed by atoms with van der Waals surface area (Å²) in [6.45, 7) is 0.339. The van der Waals surface area contributed by atoms with Gasteiger partial charge in [-0.05, 0) is 42.0 Å². The highest BCUT2D eigenvalue weighted by molar-refractivity contribution is 7.10. The van der Waals surface area contributed by atoms with Crippen molar-refractivity contribution in [3.63, 3.8) is 0 Å². The van der Waals surface area contributed by atoms with Crippen molar-refractivity contribution in [2.24, 2.45) is 0 Å². The average molecular weight is 319 g/mol. The lowest BCUT2D eigenvalue weighted by molar-refractivity contribution is -0.124. The van der Waals surface area contributed by atoms with Crippen molar-refractivity contribution in [3.8, 4) is 0 Å². The molecule has 1 N–H and O–H groups in total. The van der Waals surface area contributed by atoms with Crippen LogP contribution in [-0.4, -0.2) is 19.6 Å². The fourth-order valence-electron chi connectivity index (χ4n) is 2.66. The van der Waals surface area contributed by atoms with Crippen LogP contribution in [0.1, 0.15) is 29.4 Å². The molecule has 1 aliphatic rings. The van der Waals surface area contributed by atoms with E-state index < -0.39 is 0 Å². The predicted molar refractivity (Wildman–Crippen MR) is 84.4 cm³/mol. The van der Waals surface area contributed by atoms with Crippen molar-refractivity contribution in [1.82, 2.24) is 5.32 Å². The number of amides is 1. The molecule has 0 spiro atoms. The topological polar surface area (TPSA) is 38.3 Å². The monoisotopic (exact) mass is 319 g/mol. The summed E-state index contributed by atoms with van der Waals surface area (Å²) in [5.41, 5.74) is 0.373. The summed E-state index contributed by atoms with van der Waals surface area (Å²) >= 11 is 1.62. The molecule has 116 valence electrons. The second-order valence-corrected chi connectivity index (χ2v) is 6.50. The van der Waals surface area contributed by atoms with E-state index >= 15 is 0 Å². The standard InChI is InChI=1S/C17H18FNO2S/c1-21-14(12-4-2-5-13(18)10-12)11-19-16(20)17(7-8-17)15-6-3-9-22-15/h2-6,9-10,14H,7-8,11H2,1H3,(H,19,20). The number of hydrogen-bond donors (Lipinski definition) is 1. The SMILES string of the molecule is COC(CNC(=O)C1(c2cccs2)CC1)c1cccc(F)c1. The quantitative estimate of drug-likeness (QED) is 0.886. The minimum absolute atomic E-state index is 0.0356. The molecule has 0 saturated heterocycles. The molecule has 1 aromatic carbocycles. The summed E-state index contributed by atoms with van der Waals surface area (Å²) in [4.78, 5) is 13.6. The smallest absolute Gasteiger partial charge is 0.231 e. The van der Waals surface area contributed by atoms with Gasteiger partial charge in [0.1, 0.15) is 5.82 Å². The van der Waals surface area contributed by atoms with E-state index in [1.165, 1.54) is 12.1 Å². The average Bonchev–Trinajstić information content (AvgIpc) is 3.15. The lowest BCUT2D eigenvalue weighted by Gasteiger charge is -2.19. The van der Waals surface area contributed by atoms with Crippen molar-refractivity contribution in [3.05, 3.63) is 58.0 Å². The largest absolute Gasteiger partial charge is 0.375 e. The third-order valence-electron chi connectivity index (χ3n) is 4.13. The molecule has 1 amide bonds. The van der Waals surface area contributed by atoms with Gasteiger partial charge in [-0.25, -0.2) is 4.39 Å². The van der Waals surface area contributed by atoms with Gasteiger partial charge in [-0.15, -0.1) is 11.3 Å². The van der Waals surface area contributed by atoms with E-state index in [1.54, 1.807) is 30.6 Å². The molecule has 1 fully saturated rings. The number of ether oxygens (including phenoxy) is 1. The van der Waals surface area contributed by atoms with E-state index in [1.807, 2.05) is 17.5 Å². The van der Waals surface area contributed by atoms with Gasteiger partial charge in [0, 0.05) is 18.5 Å². The van der Waals surface area contributed by atoms with Crippen LogP contribution in [0.5, 0.6) is 0 Å². The number of nitrogens with one attached hydrogen (secondary N) is 1. The van der Waals surface area contributed by atoms with E-state index in [0.717, 1.165) is 23.3 Å². The van der Waals surface area contributed by atoms with Crippen molar-refractivity contribution < 1.29 is 13.9 Å². The third-order valence-corrected chi connectivity index (χ3v) is 5.20. The normalized spacial score (nSPS) is 17.0. The molecule has 5 heteroatoms. The first-order valence-corrected chi connectivity index (χ1v) is 8.14. The fourth-order valence-corrected chi connectivity index (χ4v) is 3.64. The van der Waals surface area contributed by atoms with Crippen molar-refractivity contribution >= 4 is 17.2 Å². The maximum Gasteiger partial charge on any atom is 0.231 e. The zero-order valence-electron chi connectivity index (χ0n) is 12.3. The van der Waals surface area contributed by atoms with Crippen LogP contribution < -0.4 is 5.32 Å². The molecule has 1 unspecified atom stereocenters. The fraction of sp³-hybridized carbons (Fsp3) is 0.353. The lowest BCUT2D eigenvalue weighted by atomic mass is 10.0. The van der Waals surface area contributed by atoms with Crippen LogP contribution in [0.25, 0.3) is 0 Å². The Hall–Kier alpha value is -1.72. The molecule has 0 aliphatic heterocycles. The molecular weight excluding hydrogens is 301 g/mol. The van der Waals surface area contributed by atoms with E-state index in [0.29, 0.717) is 6.54 Å². The minimum Gasteiger partial charge on any atom is -0.375 e. The Morgan fingerprint density at radius 2 is 2.23 bits per heavy atom. The second-order valence-electron chi connectivity index (χ2n) is 5.55. The molecule has 1 saturated carbocycles. The Morgan fingerprint density at radius 1 is 1.41 bits per heavy atom. The number of hydrogen-bond acceptors (Lipinski definition) is 3. The maximum atomic E-state index is 13.3. The van der Waals surface area contributed by atoms with Gasteiger partial charge in [-0.1, -0.05) is 18.2 Å². The number of thiophene rings is 1. The first kappa shape index (κ1) is 15.2. The van der Waals surface area contributed by atoms with Gasteiger partial charge in [0.05, 0.1) is 11.5 Å². The van der Waals surface area contributed by atoms with E-state index in [9.17, 15) is 9.18 Å². The molecule has 22 heavy (non-hydrogen) atoms. The summed E-state index contributed by atoms with van der Waals surface area (Å²) in [6.07, 6.45) is 1.42. The number of methoxy groups -OCH3 is 1. The molecule has 3 rings (SSSR count). The first-order valence-electron chi connectivity index (χ1n) is 7.26. The molecule has 2 aromatic rings. The second kappa shape index (κ2) is 6.18. The molecule has 1 aliphatic carbocycles. The Labute approximate surface area is 133 Å². The molecule has 1 heterocycles. The van der Waals surface area contributed by atoms with Crippen LogP contribution in [0.3, 0.4) is 0 Å². The van der Waals surface area contributed by atoms with Gasteiger partial charge in [-0.2, -0.15) is 0 Å². The molecule has 0 radical (unpaired) electrons. The Morgan fingerprint density at radius 3 is 2.82 bits per heavy atom. The van der Waals surface area contributed by atoms with Crippen LogP contribution in [0.2, 0.25) is 0 Å². The maximum absolute atomic E-state index is 13.3. The number of benzene rings is 1. The molecule has 1 atom stereocenters. The van der Waals surface area contributed by atoms with Crippen molar-refractivity contribution in [2.75, 3.05) is 13.7 Å².